The summed E-state index contributed by atoms with van der Waals surface area (Å²) in [5.41, 5.74) is 1.95. The average molecular weight is 263 g/mol. The van der Waals surface area contributed by atoms with Gasteiger partial charge in [-0.3, -0.25) is 0 Å². The van der Waals surface area contributed by atoms with E-state index in [2.05, 4.69) is 16.3 Å². The van der Waals surface area contributed by atoms with Crippen molar-refractivity contribution < 1.29 is 4.39 Å². The van der Waals surface area contributed by atoms with Crippen LogP contribution >= 0.6 is 0 Å². The van der Waals surface area contributed by atoms with Crippen LogP contribution in [-0.4, -0.2) is 19.6 Å². The average Bonchev–Trinajstić information content (AvgIpc) is 2.41. The number of nitrogens with one attached hydrogen (secondary N) is 1. The highest BCUT2D eigenvalue weighted by Crippen LogP contribution is 2.27. The standard InChI is InChI=1S/C15H22FN3/c1-4-18-12(3)14-11-13(16)7-8-15(14)19(5-2)10-6-9-17/h7-8,11-12,18H,4-6,10H2,1-3H3. The van der Waals surface area contributed by atoms with Crippen molar-refractivity contribution in [2.45, 2.75) is 33.2 Å². The Morgan fingerprint density at radius 1 is 1.42 bits per heavy atom. The number of hydrogen-bond donors (Lipinski definition) is 1. The second-order valence-corrected chi connectivity index (χ2v) is 4.47. The first-order chi connectivity index (χ1) is 9.13. The lowest BCUT2D eigenvalue weighted by Gasteiger charge is -2.27. The van der Waals surface area contributed by atoms with E-state index in [0.717, 1.165) is 24.3 Å². The van der Waals surface area contributed by atoms with E-state index in [9.17, 15) is 4.39 Å². The van der Waals surface area contributed by atoms with E-state index in [4.69, 9.17) is 5.26 Å². The molecule has 1 unspecified atom stereocenters. The van der Waals surface area contributed by atoms with Crippen LogP contribution in [0.1, 0.15) is 38.8 Å². The molecule has 1 N–H and O–H groups in total. The van der Waals surface area contributed by atoms with Crippen LogP contribution in [0, 0.1) is 17.1 Å². The first-order valence-electron chi connectivity index (χ1n) is 6.78. The maximum absolute atomic E-state index is 13.5. The fraction of sp³-hybridized carbons (Fsp3) is 0.533. The van der Waals surface area contributed by atoms with Crippen LogP contribution in [-0.2, 0) is 0 Å². The molecule has 0 bridgehead atoms. The lowest BCUT2D eigenvalue weighted by Crippen LogP contribution is -2.27. The monoisotopic (exact) mass is 263 g/mol. The fourth-order valence-electron chi connectivity index (χ4n) is 2.21. The van der Waals surface area contributed by atoms with Crippen LogP contribution in [0.4, 0.5) is 10.1 Å². The highest BCUT2D eigenvalue weighted by Gasteiger charge is 2.15. The summed E-state index contributed by atoms with van der Waals surface area (Å²) in [6.45, 7) is 8.41. The summed E-state index contributed by atoms with van der Waals surface area (Å²) in [5, 5.41) is 12.0. The number of nitriles is 1. The molecule has 0 aliphatic carbocycles. The maximum atomic E-state index is 13.5. The van der Waals surface area contributed by atoms with Crippen molar-refractivity contribution in [3.8, 4) is 6.07 Å². The van der Waals surface area contributed by atoms with Gasteiger partial charge in [0.25, 0.3) is 0 Å². The quantitative estimate of drug-likeness (QED) is 0.821. The molecule has 0 aliphatic heterocycles. The SMILES string of the molecule is CCNC(C)c1cc(F)ccc1N(CC)CCC#N. The topological polar surface area (TPSA) is 39.1 Å². The Morgan fingerprint density at radius 2 is 2.16 bits per heavy atom. The smallest absolute Gasteiger partial charge is 0.123 e. The highest BCUT2D eigenvalue weighted by atomic mass is 19.1. The Hall–Kier alpha value is -1.60. The molecule has 0 saturated heterocycles. The highest BCUT2D eigenvalue weighted by molar-refractivity contribution is 5.55. The Morgan fingerprint density at radius 3 is 2.74 bits per heavy atom. The van der Waals surface area contributed by atoms with Crippen LogP contribution in [0.2, 0.25) is 0 Å². The molecule has 0 amide bonds. The predicted molar refractivity (Wildman–Crippen MR) is 76.6 cm³/mol. The van der Waals surface area contributed by atoms with E-state index >= 15 is 0 Å². The van der Waals surface area contributed by atoms with Gasteiger partial charge in [0.05, 0.1) is 12.5 Å². The van der Waals surface area contributed by atoms with Crippen LogP contribution in [0.3, 0.4) is 0 Å². The maximum Gasteiger partial charge on any atom is 0.123 e. The minimum absolute atomic E-state index is 0.0897. The number of nitrogens with zero attached hydrogens (tertiary/aromatic N) is 2. The Balaban J connectivity index is 3.07. The van der Waals surface area contributed by atoms with E-state index in [1.54, 1.807) is 12.1 Å². The normalized spacial score (nSPS) is 11.9. The van der Waals surface area contributed by atoms with Crippen LogP contribution < -0.4 is 10.2 Å². The second kappa shape index (κ2) is 7.75. The molecule has 0 saturated carbocycles. The Kier molecular flexibility index (Phi) is 6.31. The Labute approximate surface area is 115 Å². The summed E-state index contributed by atoms with van der Waals surface area (Å²) < 4.78 is 13.5. The fourth-order valence-corrected chi connectivity index (χ4v) is 2.21. The summed E-state index contributed by atoms with van der Waals surface area (Å²) in [7, 11) is 0. The van der Waals surface area contributed by atoms with E-state index in [1.165, 1.54) is 6.07 Å². The van der Waals surface area contributed by atoms with E-state index in [1.807, 2.05) is 20.8 Å². The van der Waals surface area contributed by atoms with Crippen LogP contribution in [0.25, 0.3) is 0 Å². The lowest BCUT2D eigenvalue weighted by molar-refractivity contribution is 0.581. The molecule has 0 aromatic heterocycles. The third kappa shape index (κ3) is 4.22. The minimum Gasteiger partial charge on any atom is -0.371 e. The van der Waals surface area contributed by atoms with Gasteiger partial charge in [-0.05, 0) is 44.2 Å². The molecule has 3 nitrogen and oxygen atoms in total. The van der Waals surface area contributed by atoms with Gasteiger partial charge in [-0.25, -0.2) is 4.39 Å². The molecule has 0 fully saturated rings. The zero-order chi connectivity index (χ0) is 14.3. The molecule has 19 heavy (non-hydrogen) atoms. The predicted octanol–water partition coefficient (Wildman–Crippen LogP) is 3.24. The van der Waals surface area contributed by atoms with Crippen molar-refractivity contribution in [1.29, 1.82) is 5.26 Å². The second-order valence-electron chi connectivity index (χ2n) is 4.47. The van der Waals surface area contributed by atoms with Crippen molar-refractivity contribution >= 4 is 5.69 Å². The van der Waals surface area contributed by atoms with Crippen molar-refractivity contribution in [1.82, 2.24) is 5.32 Å². The molecule has 1 aromatic carbocycles. The third-order valence-corrected chi connectivity index (χ3v) is 3.18. The largest absolute Gasteiger partial charge is 0.371 e. The van der Waals surface area contributed by atoms with Gasteiger partial charge in [0.1, 0.15) is 5.82 Å². The van der Waals surface area contributed by atoms with Crippen LogP contribution in [0.5, 0.6) is 0 Å². The summed E-state index contributed by atoms with van der Waals surface area (Å²) in [4.78, 5) is 2.12. The van der Waals surface area contributed by atoms with Gasteiger partial charge in [-0.2, -0.15) is 5.26 Å². The summed E-state index contributed by atoms with van der Waals surface area (Å²) >= 11 is 0. The number of anilines is 1. The number of hydrogen-bond acceptors (Lipinski definition) is 3. The van der Waals surface area contributed by atoms with Crippen molar-refractivity contribution in [3.05, 3.63) is 29.6 Å². The van der Waals surface area contributed by atoms with E-state index in [0.29, 0.717) is 13.0 Å². The van der Waals surface area contributed by atoms with Crippen LogP contribution in [0.15, 0.2) is 18.2 Å². The van der Waals surface area contributed by atoms with Crippen molar-refractivity contribution in [3.63, 3.8) is 0 Å². The molecular weight excluding hydrogens is 241 g/mol. The van der Waals surface area contributed by atoms with Gasteiger partial charge in [0, 0.05) is 24.8 Å². The van der Waals surface area contributed by atoms with Gasteiger partial charge in [0.15, 0.2) is 0 Å². The summed E-state index contributed by atoms with van der Waals surface area (Å²) in [6.07, 6.45) is 0.472. The molecule has 0 heterocycles. The Bertz CT molecular complexity index is 440. The number of halogens is 1. The molecule has 1 aromatic rings. The summed E-state index contributed by atoms with van der Waals surface area (Å²) in [6, 6.07) is 7.11. The number of benzene rings is 1. The van der Waals surface area contributed by atoms with Gasteiger partial charge in [-0.1, -0.05) is 6.92 Å². The van der Waals surface area contributed by atoms with E-state index < -0.39 is 0 Å². The molecule has 1 atom stereocenters. The summed E-state index contributed by atoms with van der Waals surface area (Å²) in [5.74, 6) is -0.222. The lowest BCUT2D eigenvalue weighted by atomic mass is 10.0. The molecule has 0 spiro atoms. The zero-order valence-corrected chi connectivity index (χ0v) is 11.9. The first kappa shape index (κ1) is 15.5. The zero-order valence-electron chi connectivity index (χ0n) is 11.9. The van der Waals surface area contributed by atoms with Crippen molar-refractivity contribution in [2.24, 2.45) is 0 Å². The molecule has 0 aliphatic rings. The number of rotatable bonds is 7. The minimum atomic E-state index is -0.222. The van der Waals surface area contributed by atoms with E-state index in [-0.39, 0.29) is 11.9 Å². The van der Waals surface area contributed by atoms with Gasteiger partial charge < -0.3 is 10.2 Å². The molecule has 0 radical (unpaired) electrons. The molecular formula is C15H22FN3. The van der Waals surface area contributed by atoms with Crippen molar-refractivity contribution in [2.75, 3.05) is 24.5 Å². The third-order valence-electron chi connectivity index (χ3n) is 3.18. The van der Waals surface area contributed by atoms with Gasteiger partial charge >= 0.3 is 0 Å². The first-order valence-corrected chi connectivity index (χ1v) is 6.78. The van der Waals surface area contributed by atoms with Gasteiger partial charge in [0.2, 0.25) is 0 Å². The molecule has 104 valence electrons. The molecule has 1 rings (SSSR count). The molecule has 4 heteroatoms. The van der Waals surface area contributed by atoms with Gasteiger partial charge in [-0.15, -0.1) is 0 Å².